The van der Waals surface area contributed by atoms with E-state index in [2.05, 4.69) is 6.58 Å². The number of carboxylic acids is 1. The molecule has 0 amide bonds. The first-order valence-electron chi connectivity index (χ1n) is 8.69. The van der Waals surface area contributed by atoms with E-state index in [0.29, 0.717) is 0 Å². The van der Waals surface area contributed by atoms with Crippen molar-refractivity contribution in [2.75, 3.05) is 18.2 Å². The zero-order valence-corrected chi connectivity index (χ0v) is 17.8. The van der Waals surface area contributed by atoms with Gasteiger partial charge in [0.25, 0.3) is 0 Å². The molecule has 0 unspecified atom stereocenters. The molecule has 5 nitrogen and oxygen atoms in total. The summed E-state index contributed by atoms with van der Waals surface area (Å²) in [4.78, 5) is 10.5. The molecule has 0 aromatic heterocycles. The van der Waals surface area contributed by atoms with Crippen LogP contribution in [0, 0.1) is 0 Å². The zero-order valence-electron chi connectivity index (χ0n) is 17.0. The number of hydrogen-bond acceptors (Lipinski definition) is 4. The first kappa shape index (κ1) is 34.1. The Bertz CT molecular complexity index is 928. The van der Waals surface area contributed by atoms with Gasteiger partial charge in [-0.2, -0.15) is 65.9 Å². The molecule has 0 saturated heterocycles. The molecular weight excluding hydrogens is 575 g/mol. The molecule has 36 heavy (non-hydrogen) atoms. The second kappa shape index (κ2) is 10.1. The van der Waals surface area contributed by atoms with Crippen molar-refractivity contribution < 1.29 is 84.2 Å². The van der Waals surface area contributed by atoms with E-state index in [1.165, 1.54) is 0 Å². The number of carbonyl (C=O) groups is 1. The van der Waals surface area contributed by atoms with Crippen LogP contribution in [0.4, 0.5) is 65.9 Å². The van der Waals surface area contributed by atoms with Gasteiger partial charge in [0, 0.05) is 18.5 Å². The van der Waals surface area contributed by atoms with Crippen LogP contribution in [0.15, 0.2) is 12.2 Å². The molecule has 0 spiro atoms. The summed E-state index contributed by atoms with van der Waals surface area (Å²) < 4.78 is 219. The number of hydrogen-bond donors (Lipinski definition) is 2. The summed E-state index contributed by atoms with van der Waals surface area (Å²) in [7, 11) is -5.00. The maximum absolute atomic E-state index is 13.7. The monoisotopic (exact) mass is 589 g/mol. The number of sulfone groups is 1. The molecule has 0 radical (unpaired) electrons. The van der Waals surface area contributed by atoms with E-state index in [4.69, 9.17) is 5.11 Å². The molecule has 0 saturated carbocycles. The van der Waals surface area contributed by atoms with Gasteiger partial charge in [-0.05, 0) is 6.42 Å². The lowest BCUT2D eigenvalue weighted by Gasteiger charge is -2.41. The fraction of sp³-hybridized carbons (Fsp3) is 0.800. The topological polar surface area (TPSA) is 83.5 Å². The lowest BCUT2D eigenvalue weighted by Crippen LogP contribution is -2.72. The first-order valence-corrected chi connectivity index (χ1v) is 10.5. The van der Waals surface area contributed by atoms with Crippen LogP contribution in [-0.2, 0) is 14.6 Å². The van der Waals surface area contributed by atoms with Crippen molar-refractivity contribution in [2.24, 2.45) is 0 Å². The second-order valence-electron chi connectivity index (χ2n) is 7.07. The van der Waals surface area contributed by atoms with Crippen molar-refractivity contribution in [3.8, 4) is 0 Å². The SMILES string of the molecule is C=C(CCNCS(=O)(=O)CCC(F)(F)C(F)(F)C(F)(F)C(F)(F)C(F)(F)C(F)(F)C(F)(F)F)C(=O)O. The minimum atomic E-state index is -8.45. The summed E-state index contributed by atoms with van der Waals surface area (Å²) in [6, 6.07) is 0. The average Bonchev–Trinajstić information content (AvgIpc) is 2.68. The smallest absolute Gasteiger partial charge is 0.460 e. The summed E-state index contributed by atoms with van der Waals surface area (Å²) in [6.07, 6.45) is -11.2. The van der Waals surface area contributed by atoms with Crippen molar-refractivity contribution in [3.05, 3.63) is 12.2 Å². The van der Waals surface area contributed by atoms with Crippen molar-refractivity contribution in [2.45, 2.75) is 54.6 Å². The van der Waals surface area contributed by atoms with Gasteiger partial charge in [-0.15, -0.1) is 0 Å². The number of alkyl halides is 15. The third-order valence-electron chi connectivity index (χ3n) is 4.35. The summed E-state index contributed by atoms with van der Waals surface area (Å²) >= 11 is 0. The maximum Gasteiger partial charge on any atom is 0.460 e. The predicted molar refractivity (Wildman–Crippen MR) is 88.4 cm³/mol. The van der Waals surface area contributed by atoms with Gasteiger partial charge in [0.05, 0.1) is 11.6 Å². The first-order chi connectivity index (χ1) is 15.5. The Labute approximate surface area is 191 Å². The lowest BCUT2D eigenvalue weighted by molar-refractivity contribution is -0.452. The highest BCUT2D eigenvalue weighted by atomic mass is 32.2. The largest absolute Gasteiger partial charge is 0.478 e. The Balaban J connectivity index is 5.81. The van der Waals surface area contributed by atoms with Crippen molar-refractivity contribution >= 4 is 15.8 Å². The summed E-state index contributed by atoms with van der Waals surface area (Å²) in [5.41, 5.74) is -0.484. The molecule has 0 aromatic rings. The Kier molecular flexibility index (Phi) is 9.55. The van der Waals surface area contributed by atoms with Crippen LogP contribution in [0.1, 0.15) is 12.8 Å². The standard InChI is InChI=1S/C15H14F15NO4S/c1-7(8(32)33)2-4-31-6-36(34,35)5-3-9(16,17)10(18,19)11(20,21)12(22,23)13(24,25)14(26,27)15(28,29)30/h31H,1-6H2,(H,32,33). The van der Waals surface area contributed by atoms with Crippen LogP contribution in [0.25, 0.3) is 0 Å². The normalized spacial score (nSPS) is 15.2. The molecule has 21 heteroatoms. The van der Waals surface area contributed by atoms with E-state index in [1.54, 1.807) is 0 Å². The molecule has 0 aromatic carbocycles. The highest BCUT2D eigenvalue weighted by Crippen LogP contribution is 2.62. The van der Waals surface area contributed by atoms with Gasteiger partial charge >= 0.3 is 47.7 Å². The van der Waals surface area contributed by atoms with Crippen molar-refractivity contribution in [1.82, 2.24) is 5.32 Å². The van der Waals surface area contributed by atoms with E-state index in [9.17, 15) is 79.1 Å². The quantitative estimate of drug-likeness (QED) is 0.174. The van der Waals surface area contributed by atoms with E-state index in [-0.39, 0.29) is 0 Å². The molecule has 0 rings (SSSR count). The fourth-order valence-corrected chi connectivity index (χ4v) is 3.25. The average molecular weight is 589 g/mol. The van der Waals surface area contributed by atoms with E-state index < -0.39 is 94.1 Å². The summed E-state index contributed by atoms with van der Waals surface area (Å²) in [5.74, 6) is -52.8. The summed E-state index contributed by atoms with van der Waals surface area (Å²) in [5, 5.41) is 10.4. The number of aliphatic carboxylic acids is 1. The minimum absolute atomic E-state index is 0.447. The number of halogens is 15. The van der Waals surface area contributed by atoms with Gasteiger partial charge in [0.2, 0.25) is 0 Å². The predicted octanol–water partition coefficient (Wildman–Crippen LogP) is 4.74. The molecule has 0 fully saturated rings. The maximum atomic E-state index is 13.7. The van der Waals surface area contributed by atoms with Crippen LogP contribution in [0.2, 0.25) is 0 Å². The lowest BCUT2D eigenvalue weighted by atomic mass is 9.90. The molecule has 0 heterocycles. The second-order valence-corrected chi connectivity index (χ2v) is 9.26. The molecule has 0 bridgehead atoms. The molecule has 2 N–H and O–H groups in total. The molecule has 214 valence electrons. The van der Waals surface area contributed by atoms with Crippen LogP contribution >= 0.6 is 0 Å². The molecular formula is C15H14F15NO4S. The highest BCUT2D eigenvalue weighted by Gasteiger charge is 2.93. The van der Waals surface area contributed by atoms with Gasteiger partial charge in [-0.1, -0.05) is 6.58 Å². The third kappa shape index (κ3) is 6.13. The van der Waals surface area contributed by atoms with Gasteiger partial charge in [0.1, 0.15) is 0 Å². The summed E-state index contributed by atoms with van der Waals surface area (Å²) in [6.45, 7) is 2.48. The molecule has 0 atom stereocenters. The Morgan fingerprint density at radius 3 is 1.50 bits per heavy atom. The van der Waals surface area contributed by atoms with Crippen LogP contribution < -0.4 is 5.32 Å². The van der Waals surface area contributed by atoms with E-state index in [1.807, 2.05) is 5.32 Å². The van der Waals surface area contributed by atoms with Gasteiger partial charge < -0.3 is 10.4 Å². The molecule has 0 aliphatic rings. The fourth-order valence-electron chi connectivity index (χ4n) is 2.09. The van der Waals surface area contributed by atoms with Crippen molar-refractivity contribution in [1.29, 1.82) is 0 Å². The number of carboxylic acid groups (broad SMARTS) is 1. The van der Waals surface area contributed by atoms with Gasteiger partial charge in [-0.3, -0.25) is 0 Å². The van der Waals surface area contributed by atoms with E-state index >= 15 is 0 Å². The molecule has 0 aliphatic heterocycles. The van der Waals surface area contributed by atoms with Crippen LogP contribution in [0.3, 0.4) is 0 Å². The molecule has 0 aliphatic carbocycles. The van der Waals surface area contributed by atoms with Crippen LogP contribution in [-0.4, -0.2) is 79.4 Å². The minimum Gasteiger partial charge on any atom is -0.478 e. The highest BCUT2D eigenvalue weighted by molar-refractivity contribution is 7.91. The van der Waals surface area contributed by atoms with Crippen LogP contribution in [0.5, 0.6) is 0 Å². The Morgan fingerprint density at radius 2 is 1.11 bits per heavy atom. The number of nitrogens with one attached hydrogen (secondary N) is 1. The zero-order chi connectivity index (χ0) is 29.4. The Hall–Kier alpha value is -1.93. The number of rotatable bonds is 14. The third-order valence-corrected chi connectivity index (χ3v) is 5.82. The Morgan fingerprint density at radius 1 is 0.722 bits per heavy atom. The van der Waals surface area contributed by atoms with Gasteiger partial charge in [0.15, 0.2) is 9.84 Å². The van der Waals surface area contributed by atoms with E-state index in [0.717, 1.165) is 0 Å². The van der Waals surface area contributed by atoms with Gasteiger partial charge in [-0.25, -0.2) is 13.2 Å². The van der Waals surface area contributed by atoms with Crippen molar-refractivity contribution in [3.63, 3.8) is 0 Å².